The van der Waals surface area contributed by atoms with Gasteiger partial charge in [0.15, 0.2) is 5.78 Å². The fraction of sp³-hybridized carbons (Fsp3) is 0.593. The zero-order valence-electron chi connectivity index (χ0n) is 21.5. The summed E-state index contributed by atoms with van der Waals surface area (Å²) in [5, 5.41) is 0. The third-order valence-electron chi connectivity index (χ3n) is 6.80. The third kappa shape index (κ3) is 5.35. The second-order valence-electron chi connectivity index (χ2n) is 10.6. The quantitative estimate of drug-likeness (QED) is 0.678. The zero-order valence-corrected chi connectivity index (χ0v) is 21.5. The van der Waals surface area contributed by atoms with Crippen LogP contribution >= 0.6 is 0 Å². The van der Waals surface area contributed by atoms with Crippen LogP contribution < -0.4 is 10.5 Å². The molecule has 2 aliphatic heterocycles. The Morgan fingerprint density at radius 1 is 1.26 bits per heavy atom. The van der Waals surface area contributed by atoms with E-state index in [0.29, 0.717) is 18.9 Å². The molecule has 7 heteroatoms. The van der Waals surface area contributed by atoms with E-state index in [0.717, 1.165) is 23.4 Å². The van der Waals surface area contributed by atoms with Gasteiger partial charge in [-0.25, -0.2) is 4.99 Å². The molecule has 3 rings (SSSR count). The van der Waals surface area contributed by atoms with Crippen LogP contribution in [0.4, 0.5) is 5.69 Å². The van der Waals surface area contributed by atoms with Crippen molar-refractivity contribution in [1.82, 2.24) is 4.90 Å². The lowest BCUT2D eigenvalue weighted by atomic mass is 9.85. The van der Waals surface area contributed by atoms with Gasteiger partial charge in [-0.05, 0) is 36.0 Å². The van der Waals surface area contributed by atoms with E-state index < -0.39 is 17.5 Å². The fourth-order valence-corrected chi connectivity index (χ4v) is 4.58. The number of rotatable bonds is 6. The van der Waals surface area contributed by atoms with Gasteiger partial charge in [0.25, 0.3) is 0 Å². The number of aliphatic imine (C=N–C) groups is 1. The molecule has 2 N–H and O–H groups in total. The van der Waals surface area contributed by atoms with Crippen LogP contribution in [-0.2, 0) is 20.7 Å². The molecule has 2 heterocycles. The first-order valence-electron chi connectivity index (χ1n) is 12.2. The molecular formula is C27H39N3O4. The Balaban J connectivity index is 1.93. The summed E-state index contributed by atoms with van der Waals surface area (Å²) in [6.45, 7) is 11.9. The van der Waals surface area contributed by atoms with Crippen molar-refractivity contribution in [2.75, 3.05) is 13.7 Å². The largest absolute Gasteiger partial charge is 0.497 e. The number of nitrogens with zero attached hydrogens (tertiary/aromatic N) is 2. The molecule has 1 saturated heterocycles. The Bertz CT molecular complexity index is 977. The second-order valence-corrected chi connectivity index (χ2v) is 10.6. The van der Waals surface area contributed by atoms with E-state index in [2.05, 4.69) is 0 Å². The molecule has 1 aromatic rings. The summed E-state index contributed by atoms with van der Waals surface area (Å²) in [6, 6.07) is 4.55. The normalized spacial score (nSPS) is 23.3. The summed E-state index contributed by atoms with van der Waals surface area (Å²) >= 11 is 0. The Morgan fingerprint density at radius 2 is 1.97 bits per heavy atom. The Kier molecular flexibility index (Phi) is 7.86. The number of carbonyl (C=O) groups is 2. The van der Waals surface area contributed by atoms with Gasteiger partial charge in [0, 0.05) is 17.9 Å². The molecule has 0 radical (unpaired) electrons. The standard InChI is InChI=1S/C27H39N3O4/c1-8-19-21(34-22-11-9-10-17-12-13-18(33-7)14-20(17)29-22)15-30(23(19)24(31)16(2)3)26(32)25(28)27(4,5)6/h9,11-14,16,19,21,23,25H,8,10,15,28H2,1-7H3. The van der Waals surface area contributed by atoms with Gasteiger partial charge in [-0.2, -0.15) is 0 Å². The number of likely N-dealkylation sites (tertiary alicyclic amines) is 1. The number of benzene rings is 1. The number of allylic oxidation sites excluding steroid dienone is 1. The SMILES string of the molecule is CCC1C(OC2=Nc3cc(OC)ccc3CC=C2)CN(C(=O)C(N)C(C)(C)C)C1C(=O)C(C)C. The van der Waals surface area contributed by atoms with Crippen molar-refractivity contribution in [2.45, 2.75) is 72.6 Å². The van der Waals surface area contributed by atoms with Crippen LogP contribution in [0.5, 0.6) is 5.75 Å². The molecule has 0 spiro atoms. The average Bonchev–Trinajstić information content (AvgIpc) is 3.02. The molecule has 1 aromatic carbocycles. The minimum Gasteiger partial charge on any atom is -0.497 e. The summed E-state index contributed by atoms with van der Waals surface area (Å²) in [5.74, 6) is 0.695. The lowest BCUT2D eigenvalue weighted by Crippen LogP contribution is -2.54. The minimum absolute atomic E-state index is 0.0424. The fourth-order valence-electron chi connectivity index (χ4n) is 4.58. The van der Waals surface area contributed by atoms with Crippen molar-refractivity contribution in [3.63, 3.8) is 0 Å². The molecule has 1 amide bonds. The van der Waals surface area contributed by atoms with Crippen LogP contribution in [0.2, 0.25) is 0 Å². The first-order chi connectivity index (χ1) is 16.0. The van der Waals surface area contributed by atoms with E-state index in [9.17, 15) is 9.59 Å². The van der Waals surface area contributed by atoms with Crippen LogP contribution in [0, 0.1) is 17.3 Å². The second kappa shape index (κ2) is 10.3. The van der Waals surface area contributed by atoms with Crippen LogP contribution in [0.15, 0.2) is 35.3 Å². The van der Waals surface area contributed by atoms with E-state index >= 15 is 0 Å². The van der Waals surface area contributed by atoms with Gasteiger partial charge < -0.3 is 20.1 Å². The molecule has 1 fully saturated rings. The molecule has 4 atom stereocenters. The molecule has 0 aromatic heterocycles. The van der Waals surface area contributed by atoms with Crippen molar-refractivity contribution >= 4 is 23.3 Å². The van der Waals surface area contributed by atoms with Gasteiger partial charge >= 0.3 is 0 Å². The van der Waals surface area contributed by atoms with E-state index in [4.69, 9.17) is 20.2 Å². The first-order valence-corrected chi connectivity index (χ1v) is 12.2. The molecule has 0 aliphatic carbocycles. The predicted molar refractivity (Wildman–Crippen MR) is 134 cm³/mol. The predicted octanol–water partition coefficient (Wildman–Crippen LogP) is 4.06. The number of amides is 1. The summed E-state index contributed by atoms with van der Waals surface area (Å²) < 4.78 is 11.8. The molecule has 0 bridgehead atoms. The topological polar surface area (TPSA) is 94.2 Å². The highest BCUT2D eigenvalue weighted by molar-refractivity contribution is 5.94. The van der Waals surface area contributed by atoms with Gasteiger partial charge in [0.1, 0.15) is 11.9 Å². The van der Waals surface area contributed by atoms with Crippen molar-refractivity contribution in [1.29, 1.82) is 0 Å². The number of Topliss-reactive ketones (excluding diaryl/α,β-unsaturated/α-hetero) is 1. The maximum atomic E-state index is 13.5. The van der Waals surface area contributed by atoms with Crippen molar-refractivity contribution in [2.24, 2.45) is 28.0 Å². The number of nitrogens with two attached hydrogens (primary N) is 1. The number of carbonyl (C=O) groups excluding carboxylic acids is 2. The molecule has 2 aliphatic rings. The van der Waals surface area contributed by atoms with E-state index in [1.165, 1.54) is 0 Å². The number of hydrogen-bond acceptors (Lipinski definition) is 6. The highest BCUT2D eigenvalue weighted by atomic mass is 16.5. The highest BCUT2D eigenvalue weighted by Crippen LogP contribution is 2.35. The van der Waals surface area contributed by atoms with Crippen LogP contribution in [0.1, 0.15) is 53.5 Å². The smallest absolute Gasteiger partial charge is 0.240 e. The number of ketones is 1. The van der Waals surface area contributed by atoms with Crippen LogP contribution in [-0.4, -0.2) is 54.3 Å². The lowest BCUT2D eigenvalue weighted by molar-refractivity contribution is -0.142. The zero-order chi connectivity index (χ0) is 25.2. The summed E-state index contributed by atoms with van der Waals surface area (Å²) in [6.07, 6.45) is 4.96. The van der Waals surface area contributed by atoms with Gasteiger partial charge in [-0.1, -0.05) is 53.7 Å². The highest BCUT2D eigenvalue weighted by Gasteiger charge is 2.50. The van der Waals surface area contributed by atoms with Crippen molar-refractivity contribution in [3.8, 4) is 5.75 Å². The summed E-state index contributed by atoms with van der Waals surface area (Å²) in [4.78, 5) is 33.1. The summed E-state index contributed by atoms with van der Waals surface area (Å²) in [5.41, 5.74) is 7.80. The van der Waals surface area contributed by atoms with E-state index in [-0.39, 0.29) is 29.6 Å². The Labute approximate surface area is 203 Å². The Morgan fingerprint density at radius 3 is 2.56 bits per heavy atom. The third-order valence-corrected chi connectivity index (χ3v) is 6.80. The van der Waals surface area contributed by atoms with Crippen molar-refractivity contribution < 1.29 is 19.1 Å². The molecule has 0 saturated carbocycles. The lowest BCUT2D eigenvalue weighted by Gasteiger charge is -2.34. The minimum atomic E-state index is -0.708. The average molecular weight is 470 g/mol. The van der Waals surface area contributed by atoms with Gasteiger partial charge in [0.05, 0.1) is 31.4 Å². The molecular weight excluding hydrogens is 430 g/mol. The first kappa shape index (κ1) is 25.9. The number of ether oxygens (including phenoxy) is 2. The van der Waals surface area contributed by atoms with E-state index in [1.807, 2.05) is 71.9 Å². The van der Waals surface area contributed by atoms with E-state index in [1.54, 1.807) is 12.0 Å². The molecule has 186 valence electrons. The van der Waals surface area contributed by atoms with Gasteiger partial charge in [-0.3, -0.25) is 9.59 Å². The van der Waals surface area contributed by atoms with Crippen LogP contribution in [0.25, 0.3) is 0 Å². The molecule has 4 unspecified atom stereocenters. The molecule has 7 nitrogen and oxygen atoms in total. The van der Waals surface area contributed by atoms with Crippen molar-refractivity contribution in [3.05, 3.63) is 35.9 Å². The number of fused-ring (bicyclic) bond motifs is 1. The number of methoxy groups -OCH3 is 1. The monoisotopic (exact) mass is 469 g/mol. The maximum absolute atomic E-state index is 13.5. The Hall–Kier alpha value is -2.67. The van der Waals surface area contributed by atoms with Gasteiger partial charge in [-0.15, -0.1) is 0 Å². The molecule has 34 heavy (non-hydrogen) atoms. The number of hydrogen-bond donors (Lipinski definition) is 1. The van der Waals surface area contributed by atoms with Crippen LogP contribution in [0.3, 0.4) is 0 Å². The maximum Gasteiger partial charge on any atom is 0.240 e. The summed E-state index contributed by atoms with van der Waals surface area (Å²) in [7, 11) is 1.63. The van der Waals surface area contributed by atoms with Gasteiger partial charge in [0.2, 0.25) is 11.8 Å².